The first-order chi connectivity index (χ1) is 8.06. The van der Waals surface area contributed by atoms with Crippen molar-refractivity contribution >= 4 is 34.7 Å². The van der Waals surface area contributed by atoms with Gasteiger partial charge < -0.3 is 5.11 Å². The van der Waals surface area contributed by atoms with Gasteiger partial charge >= 0.3 is 0 Å². The molecule has 1 heterocycles. The Morgan fingerprint density at radius 2 is 2.18 bits per heavy atom. The largest absolute Gasteiger partial charge is 0.389 e. The average molecular weight is 287 g/mol. The molecule has 90 valence electrons. The van der Waals surface area contributed by atoms with Gasteiger partial charge in [0.1, 0.15) is 5.01 Å². The molecular formula is C11H11ClN2OS2. The van der Waals surface area contributed by atoms with Crippen LogP contribution in [0.15, 0.2) is 27.4 Å². The van der Waals surface area contributed by atoms with E-state index < -0.39 is 6.10 Å². The second-order valence-electron chi connectivity index (χ2n) is 3.55. The van der Waals surface area contributed by atoms with Crippen molar-refractivity contribution in [2.24, 2.45) is 0 Å². The van der Waals surface area contributed by atoms with Crippen molar-refractivity contribution in [3.8, 4) is 0 Å². The molecule has 1 aromatic heterocycles. The summed E-state index contributed by atoms with van der Waals surface area (Å²) in [6.45, 7) is 3.63. The quantitative estimate of drug-likeness (QED) is 0.934. The Balaban J connectivity index is 2.22. The van der Waals surface area contributed by atoms with Crippen molar-refractivity contribution in [2.45, 2.75) is 29.2 Å². The second kappa shape index (κ2) is 5.35. The van der Waals surface area contributed by atoms with Crippen LogP contribution in [0.2, 0.25) is 5.02 Å². The van der Waals surface area contributed by atoms with E-state index in [1.54, 1.807) is 13.0 Å². The van der Waals surface area contributed by atoms with Crippen molar-refractivity contribution in [3.05, 3.63) is 33.8 Å². The Hall–Kier alpha value is -0.620. The number of hydrogen-bond donors (Lipinski definition) is 1. The van der Waals surface area contributed by atoms with Crippen LogP contribution in [-0.4, -0.2) is 15.3 Å². The van der Waals surface area contributed by atoms with E-state index in [2.05, 4.69) is 10.2 Å². The van der Waals surface area contributed by atoms with Crippen LogP contribution in [0.4, 0.5) is 0 Å². The van der Waals surface area contributed by atoms with Crippen LogP contribution in [-0.2, 0) is 0 Å². The third kappa shape index (κ3) is 3.19. The minimum Gasteiger partial charge on any atom is -0.389 e. The fraction of sp³-hybridized carbons (Fsp3) is 0.273. The average Bonchev–Trinajstić information content (AvgIpc) is 2.67. The zero-order valence-corrected chi connectivity index (χ0v) is 11.7. The lowest BCUT2D eigenvalue weighted by atomic mass is 10.1. The summed E-state index contributed by atoms with van der Waals surface area (Å²) in [5, 5.41) is 19.0. The van der Waals surface area contributed by atoms with Gasteiger partial charge in [-0.1, -0.05) is 40.8 Å². The molecule has 0 bridgehead atoms. The Kier molecular flexibility index (Phi) is 4.04. The Bertz CT molecular complexity index is 528. The topological polar surface area (TPSA) is 46.0 Å². The van der Waals surface area contributed by atoms with Crippen molar-refractivity contribution in [1.29, 1.82) is 0 Å². The number of aryl methyl sites for hydroxylation is 1. The molecule has 0 amide bonds. The highest BCUT2D eigenvalue weighted by Gasteiger charge is 2.09. The summed E-state index contributed by atoms with van der Waals surface area (Å²) in [4.78, 5) is 0.923. The first kappa shape index (κ1) is 12.8. The smallest absolute Gasteiger partial charge is 0.179 e. The predicted octanol–water partition coefficient (Wildman–Crippen LogP) is 3.70. The zero-order valence-electron chi connectivity index (χ0n) is 9.35. The maximum absolute atomic E-state index is 9.45. The summed E-state index contributed by atoms with van der Waals surface area (Å²) in [5.74, 6) is 0. The summed E-state index contributed by atoms with van der Waals surface area (Å²) in [6, 6.07) is 5.54. The van der Waals surface area contributed by atoms with Gasteiger partial charge in [0.2, 0.25) is 0 Å². The molecule has 2 aromatic rings. The maximum Gasteiger partial charge on any atom is 0.179 e. The summed E-state index contributed by atoms with van der Waals surface area (Å²) in [7, 11) is 0. The van der Waals surface area contributed by atoms with Crippen LogP contribution in [0.3, 0.4) is 0 Å². The van der Waals surface area contributed by atoms with Gasteiger partial charge in [-0.2, -0.15) is 0 Å². The lowest BCUT2D eigenvalue weighted by Gasteiger charge is -2.07. The van der Waals surface area contributed by atoms with Crippen LogP contribution in [0, 0.1) is 6.92 Å². The van der Waals surface area contributed by atoms with Crippen molar-refractivity contribution in [2.75, 3.05) is 0 Å². The molecule has 1 N–H and O–H groups in total. The Morgan fingerprint density at radius 3 is 2.71 bits per heavy atom. The molecule has 1 atom stereocenters. The van der Waals surface area contributed by atoms with Gasteiger partial charge in [-0.25, -0.2) is 0 Å². The first-order valence-electron chi connectivity index (χ1n) is 5.01. The van der Waals surface area contributed by atoms with Crippen molar-refractivity contribution < 1.29 is 5.11 Å². The van der Waals surface area contributed by atoms with E-state index >= 15 is 0 Å². The SMILES string of the molecule is Cc1nnc(Sc2ccc([C@H](C)O)cc2Cl)s1. The van der Waals surface area contributed by atoms with Crippen molar-refractivity contribution in [3.63, 3.8) is 0 Å². The zero-order chi connectivity index (χ0) is 12.4. The van der Waals surface area contributed by atoms with Crippen LogP contribution < -0.4 is 0 Å². The van der Waals surface area contributed by atoms with E-state index in [1.807, 2.05) is 19.1 Å². The maximum atomic E-state index is 9.45. The van der Waals surface area contributed by atoms with Crippen LogP contribution >= 0.6 is 34.7 Å². The number of aliphatic hydroxyl groups is 1. The van der Waals surface area contributed by atoms with Gasteiger partial charge in [0.25, 0.3) is 0 Å². The molecule has 1 aromatic carbocycles. The summed E-state index contributed by atoms with van der Waals surface area (Å²) >= 11 is 9.18. The molecule has 0 aliphatic rings. The number of halogens is 1. The number of hydrogen-bond acceptors (Lipinski definition) is 5. The van der Waals surface area contributed by atoms with E-state index in [4.69, 9.17) is 11.6 Å². The minimum absolute atomic E-state index is 0.504. The minimum atomic E-state index is -0.504. The van der Waals surface area contributed by atoms with Gasteiger partial charge in [-0.15, -0.1) is 10.2 Å². The monoisotopic (exact) mass is 286 g/mol. The van der Waals surface area contributed by atoms with Crippen LogP contribution in [0.1, 0.15) is 23.6 Å². The lowest BCUT2D eigenvalue weighted by molar-refractivity contribution is 0.199. The summed E-state index contributed by atoms with van der Waals surface area (Å²) in [6.07, 6.45) is -0.504. The Labute approximate surface area is 113 Å². The highest BCUT2D eigenvalue weighted by atomic mass is 35.5. The van der Waals surface area contributed by atoms with Gasteiger partial charge in [0.15, 0.2) is 4.34 Å². The third-order valence-corrected chi connectivity index (χ3v) is 4.53. The molecule has 2 rings (SSSR count). The molecule has 0 saturated carbocycles. The molecular weight excluding hydrogens is 276 g/mol. The molecule has 3 nitrogen and oxygen atoms in total. The highest BCUT2D eigenvalue weighted by molar-refractivity contribution is 8.01. The molecule has 0 unspecified atom stereocenters. The van der Waals surface area contributed by atoms with Crippen LogP contribution in [0.5, 0.6) is 0 Å². The summed E-state index contributed by atoms with van der Waals surface area (Å²) < 4.78 is 0.870. The number of benzene rings is 1. The van der Waals surface area contributed by atoms with E-state index in [9.17, 15) is 5.11 Å². The van der Waals surface area contributed by atoms with Gasteiger partial charge in [-0.3, -0.25) is 0 Å². The predicted molar refractivity (Wildman–Crippen MR) is 70.9 cm³/mol. The lowest BCUT2D eigenvalue weighted by Crippen LogP contribution is -1.90. The molecule has 0 spiro atoms. The standard InChI is InChI=1S/C11H11ClN2OS2/c1-6(15)8-3-4-10(9(12)5-8)17-11-14-13-7(2)16-11/h3-6,15H,1-2H3/t6-/m0/s1. The first-order valence-corrected chi connectivity index (χ1v) is 7.03. The van der Waals surface area contributed by atoms with E-state index in [0.29, 0.717) is 5.02 Å². The number of nitrogens with zero attached hydrogens (tertiary/aromatic N) is 2. The highest BCUT2D eigenvalue weighted by Crippen LogP contribution is 2.35. The molecule has 0 saturated heterocycles. The van der Waals surface area contributed by atoms with E-state index in [-0.39, 0.29) is 0 Å². The van der Waals surface area contributed by atoms with Gasteiger partial charge in [-0.05, 0) is 31.5 Å². The molecule has 0 aliphatic carbocycles. The fourth-order valence-electron chi connectivity index (χ4n) is 1.27. The van der Waals surface area contributed by atoms with Gasteiger partial charge in [0, 0.05) is 4.90 Å². The van der Waals surface area contributed by atoms with Crippen LogP contribution in [0.25, 0.3) is 0 Å². The summed E-state index contributed by atoms with van der Waals surface area (Å²) in [5.41, 5.74) is 0.813. The van der Waals surface area contributed by atoms with Crippen molar-refractivity contribution in [1.82, 2.24) is 10.2 Å². The molecule has 17 heavy (non-hydrogen) atoms. The third-order valence-electron chi connectivity index (χ3n) is 2.14. The Morgan fingerprint density at radius 1 is 1.41 bits per heavy atom. The van der Waals surface area contributed by atoms with E-state index in [0.717, 1.165) is 19.8 Å². The van der Waals surface area contributed by atoms with Gasteiger partial charge in [0.05, 0.1) is 11.1 Å². The normalized spacial score (nSPS) is 12.7. The molecule has 6 heteroatoms. The number of aromatic nitrogens is 2. The number of rotatable bonds is 3. The molecule has 0 aliphatic heterocycles. The molecule has 0 radical (unpaired) electrons. The fourth-order valence-corrected chi connectivity index (χ4v) is 3.35. The second-order valence-corrected chi connectivity index (χ2v) is 6.43. The number of aliphatic hydroxyl groups excluding tert-OH is 1. The molecule has 0 fully saturated rings. The van der Waals surface area contributed by atoms with E-state index in [1.165, 1.54) is 23.1 Å².